The van der Waals surface area contributed by atoms with Crippen molar-refractivity contribution in [2.24, 2.45) is 0 Å². The van der Waals surface area contributed by atoms with E-state index in [1.165, 1.54) is 0 Å². The molecule has 0 radical (unpaired) electrons. The van der Waals surface area contributed by atoms with Gasteiger partial charge in [0.2, 0.25) is 0 Å². The Morgan fingerprint density at radius 1 is 1.18 bits per heavy atom. The third-order valence-corrected chi connectivity index (χ3v) is 4.31. The maximum Gasteiger partial charge on any atom is 0.252 e. The van der Waals surface area contributed by atoms with Gasteiger partial charge >= 0.3 is 0 Å². The first-order valence-corrected chi connectivity index (χ1v) is 7.43. The number of H-pyrrole nitrogens is 1. The highest BCUT2D eigenvalue weighted by Crippen LogP contribution is 2.29. The zero-order chi connectivity index (χ0) is 15.9. The van der Waals surface area contributed by atoms with E-state index in [-0.39, 0.29) is 11.3 Å². The third kappa shape index (κ3) is 2.48. The van der Waals surface area contributed by atoms with Crippen LogP contribution in [0.2, 0.25) is 5.02 Å². The zero-order valence-corrected chi connectivity index (χ0v) is 13.2. The summed E-state index contributed by atoms with van der Waals surface area (Å²) in [5, 5.41) is 11.5. The lowest BCUT2D eigenvalue weighted by Gasteiger charge is -2.12. The molecule has 0 bridgehead atoms. The summed E-state index contributed by atoms with van der Waals surface area (Å²) < 4.78 is 0. The largest absolute Gasteiger partial charge is 0.507 e. The molecular formula is C18H16ClNO2. The highest BCUT2D eigenvalue weighted by atomic mass is 35.5. The van der Waals surface area contributed by atoms with Crippen LogP contribution in [0.4, 0.5) is 0 Å². The van der Waals surface area contributed by atoms with E-state index in [2.05, 4.69) is 4.98 Å². The fourth-order valence-corrected chi connectivity index (χ4v) is 3.03. The average Bonchev–Trinajstić information content (AvgIpc) is 2.44. The lowest BCUT2D eigenvalue weighted by atomic mass is 9.97. The van der Waals surface area contributed by atoms with Gasteiger partial charge in [-0.2, -0.15) is 0 Å². The van der Waals surface area contributed by atoms with Crippen molar-refractivity contribution < 1.29 is 5.11 Å². The maximum atomic E-state index is 12.4. The lowest BCUT2D eigenvalue weighted by molar-refractivity contribution is 0.481. The molecule has 0 fully saturated rings. The van der Waals surface area contributed by atoms with Crippen LogP contribution in [0.5, 0.6) is 5.75 Å². The summed E-state index contributed by atoms with van der Waals surface area (Å²) in [5.74, 6) is 0.184. The molecule has 3 nitrogen and oxygen atoms in total. The molecule has 0 atom stereocenters. The number of aryl methyl sites for hydroxylation is 2. The second-order valence-corrected chi connectivity index (χ2v) is 5.94. The number of aromatic amines is 1. The third-order valence-electron chi connectivity index (χ3n) is 3.94. The minimum Gasteiger partial charge on any atom is -0.507 e. The van der Waals surface area contributed by atoms with Crippen LogP contribution < -0.4 is 5.56 Å². The Bertz CT molecular complexity index is 928. The molecule has 2 aromatic carbocycles. The molecule has 0 aliphatic carbocycles. The molecule has 0 saturated heterocycles. The molecule has 3 aromatic rings. The zero-order valence-electron chi connectivity index (χ0n) is 12.4. The van der Waals surface area contributed by atoms with E-state index in [1.54, 1.807) is 6.07 Å². The summed E-state index contributed by atoms with van der Waals surface area (Å²) in [6, 6.07) is 11.0. The number of hydrogen-bond donors (Lipinski definition) is 2. The van der Waals surface area contributed by atoms with E-state index >= 15 is 0 Å². The van der Waals surface area contributed by atoms with Crippen LogP contribution in [0.3, 0.4) is 0 Å². The van der Waals surface area contributed by atoms with E-state index in [9.17, 15) is 9.90 Å². The number of hydrogen-bond acceptors (Lipinski definition) is 2. The van der Waals surface area contributed by atoms with E-state index in [4.69, 9.17) is 11.6 Å². The average molecular weight is 314 g/mol. The molecular weight excluding hydrogens is 298 g/mol. The number of phenolic OH excluding ortho intramolecular Hbond substituents is 1. The van der Waals surface area contributed by atoms with Crippen molar-refractivity contribution in [3.63, 3.8) is 0 Å². The van der Waals surface area contributed by atoms with Gasteiger partial charge in [0.1, 0.15) is 5.75 Å². The van der Waals surface area contributed by atoms with E-state index < -0.39 is 0 Å². The van der Waals surface area contributed by atoms with Crippen LogP contribution in [0.1, 0.15) is 22.3 Å². The molecule has 22 heavy (non-hydrogen) atoms. The molecule has 0 unspecified atom stereocenters. The number of nitrogens with one attached hydrogen (secondary N) is 1. The molecule has 0 spiro atoms. The van der Waals surface area contributed by atoms with E-state index in [1.807, 2.05) is 44.2 Å². The Morgan fingerprint density at radius 3 is 2.64 bits per heavy atom. The fraction of sp³-hybridized carbons (Fsp3) is 0.167. The number of pyridine rings is 1. The quantitative estimate of drug-likeness (QED) is 0.748. The molecule has 0 aliphatic heterocycles. The van der Waals surface area contributed by atoms with Crippen molar-refractivity contribution >= 4 is 22.5 Å². The molecule has 3 rings (SSSR count). The van der Waals surface area contributed by atoms with Gasteiger partial charge in [0, 0.05) is 22.4 Å². The molecule has 1 aromatic heterocycles. The first-order chi connectivity index (χ1) is 10.5. The number of halogens is 1. The second kappa shape index (κ2) is 5.50. The maximum absolute atomic E-state index is 12.4. The predicted molar refractivity (Wildman–Crippen MR) is 90.0 cm³/mol. The summed E-state index contributed by atoms with van der Waals surface area (Å²) >= 11 is 6.19. The standard InChI is InChI=1S/C18H16ClNO2/c1-10-7-15-17(16(21)8-10)11(2)13(18(22)20-15)9-12-5-3-4-6-14(12)19/h3-8,21H,9H2,1-2H3,(H,20,22). The summed E-state index contributed by atoms with van der Waals surface area (Å²) in [6.07, 6.45) is 0.435. The van der Waals surface area contributed by atoms with Crippen LogP contribution >= 0.6 is 11.6 Å². The van der Waals surface area contributed by atoms with Crippen molar-refractivity contribution in [2.45, 2.75) is 20.3 Å². The van der Waals surface area contributed by atoms with Crippen LogP contribution in [-0.4, -0.2) is 10.1 Å². The molecule has 112 valence electrons. The van der Waals surface area contributed by atoms with E-state index in [0.717, 1.165) is 16.7 Å². The van der Waals surface area contributed by atoms with Gasteiger partial charge in [-0.05, 0) is 48.7 Å². The van der Waals surface area contributed by atoms with Gasteiger partial charge in [0.05, 0.1) is 5.52 Å². The van der Waals surface area contributed by atoms with Crippen LogP contribution in [0.15, 0.2) is 41.2 Å². The minimum atomic E-state index is -0.144. The minimum absolute atomic E-state index is 0.144. The lowest BCUT2D eigenvalue weighted by Crippen LogP contribution is -2.15. The van der Waals surface area contributed by atoms with Crippen LogP contribution in [0, 0.1) is 13.8 Å². The summed E-state index contributed by atoms with van der Waals surface area (Å²) in [5.41, 5.74) is 3.72. The Labute approximate surface area is 133 Å². The van der Waals surface area contributed by atoms with Crippen molar-refractivity contribution in [1.29, 1.82) is 0 Å². The van der Waals surface area contributed by atoms with Gasteiger partial charge in [-0.15, -0.1) is 0 Å². The van der Waals surface area contributed by atoms with Crippen molar-refractivity contribution in [1.82, 2.24) is 4.98 Å². The molecule has 0 aliphatic rings. The Morgan fingerprint density at radius 2 is 1.91 bits per heavy atom. The Kier molecular flexibility index (Phi) is 3.67. The molecule has 0 saturated carbocycles. The first-order valence-electron chi connectivity index (χ1n) is 7.06. The topological polar surface area (TPSA) is 53.1 Å². The smallest absolute Gasteiger partial charge is 0.252 e. The summed E-state index contributed by atoms with van der Waals surface area (Å²) in [7, 11) is 0. The van der Waals surface area contributed by atoms with Gasteiger partial charge in [-0.25, -0.2) is 0 Å². The number of aromatic hydroxyl groups is 1. The molecule has 2 N–H and O–H groups in total. The highest BCUT2D eigenvalue weighted by Gasteiger charge is 2.14. The van der Waals surface area contributed by atoms with Crippen LogP contribution in [0.25, 0.3) is 10.9 Å². The SMILES string of the molecule is Cc1cc(O)c2c(C)c(Cc3ccccc3Cl)c(=O)[nH]c2c1. The fourth-order valence-electron chi connectivity index (χ4n) is 2.82. The number of aromatic nitrogens is 1. The number of fused-ring (bicyclic) bond motifs is 1. The first kappa shape index (κ1) is 14.7. The molecule has 0 amide bonds. The number of rotatable bonds is 2. The van der Waals surface area contributed by atoms with Gasteiger partial charge in [-0.3, -0.25) is 4.79 Å². The Balaban J connectivity index is 2.23. The normalized spacial score (nSPS) is 11.0. The van der Waals surface area contributed by atoms with Crippen molar-refractivity contribution in [3.8, 4) is 5.75 Å². The predicted octanol–water partition coefficient (Wildman–Crippen LogP) is 4.09. The van der Waals surface area contributed by atoms with Gasteiger partial charge in [0.15, 0.2) is 0 Å². The summed E-state index contributed by atoms with van der Waals surface area (Å²) in [6.45, 7) is 3.74. The van der Waals surface area contributed by atoms with Crippen molar-refractivity contribution in [2.75, 3.05) is 0 Å². The van der Waals surface area contributed by atoms with Gasteiger partial charge < -0.3 is 10.1 Å². The van der Waals surface area contributed by atoms with Crippen LogP contribution in [-0.2, 0) is 6.42 Å². The van der Waals surface area contributed by atoms with Crippen molar-refractivity contribution in [3.05, 3.63) is 74.0 Å². The second-order valence-electron chi connectivity index (χ2n) is 5.53. The Hall–Kier alpha value is -2.26. The summed E-state index contributed by atoms with van der Waals surface area (Å²) in [4.78, 5) is 15.3. The molecule has 1 heterocycles. The van der Waals surface area contributed by atoms with E-state index in [0.29, 0.717) is 27.9 Å². The number of phenols is 1. The molecule has 4 heteroatoms. The monoisotopic (exact) mass is 313 g/mol. The van der Waals surface area contributed by atoms with Gasteiger partial charge in [-0.1, -0.05) is 29.8 Å². The van der Waals surface area contributed by atoms with Gasteiger partial charge in [0.25, 0.3) is 5.56 Å². The highest BCUT2D eigenvalue weighted by molar-refractivity contribution is 6.31. The number of benzene rings is 2.